The molecule has 3 aromatic rings. The van der Waals surface area contributed by atoms with E-state index in [1.165, 1.54) is 0 Å². The minimum absolute atomic E-state index is 0.296. The van der Waals surface area contributed by atoms with Crippen LogP contribution in [0.25, 0.3) is 10.9 Å². The summed E-state index contributed by atoms with van der Waals surface area (Å²) in [6.07, 6.45) is 3.79. The molecule has 0 radical (unpaired) electrons. The van der Waals surface area contributed by atoms with Gasteiger partial charge in [-0.2, -0.15) is 4.98 Å². The monoisotopic (exact) mass is 433 g/mol. The molecule has 0 bridgehead atoms. The minimum atomic E-state index is -0.352. The molecule has 32 heavy (non-hydrogen) atoms. The Labute approximate surface area is 189 Å². The summed E-state index contributed by atoms with van der Waals surface area (Å²) < 4.78 is 5.30. The fraction of sp³-hybridized carbons (Fsp3) is 0.400. The van der Waals surface area contributed by atoms with Crippen LogP contribution in [0.5, 0.6) is 0 Å². The Bertz CT molecular complexity index is 1030. The predicted molar refractivity (Wildman–Crippen MR) is 128 cm³/mol. The molecule has 1 aliphatic rings. The Kier molecular flexibility index (Phi) is 7.04. The summed E-state index contributed by atoms with van der Waals surface area (Å²) in [5.41, 5.74) is 1.93. The quantitative estimate of drug-likeness (QED) is 0.567. The highest BCUT2D eigenvalue weighted by Gasteiger charge is 2.23. The number of nitrogens with zero attached hydrogens (tertiary/aromatic N) is 3. The Balaban J connectivity index is 1.24. The highest BCUT2D eigenvalue weighted by molar-refractivity contribution is 5.90. The van der Waals surface area contributed by atoms with Crippen LogP contribution in [0.4, 0.5) is 16.6 Å². The molecule has 1 saturated carbocycles. The fourth-order valence-corrected chi connectivity index (χ4v) is 4.16. The van der Waals surface area contributed by atoms with E-state index in [0.29, 0.717) is 31.1 Å². The predicted octanol–water partition coefficient (Wildman–Crippen LogP) is 4.59. The molecule has 7 nitrogen and oxygen atoms in total. The van der Waals surface area contributed by atoms with E-state index in [-0.39, 0.29) is 6.09 Å². The van der Waals surface area contributed by atoms with Crippen molar-refractivity contribution in [2.45, 2.75) is 38.3 Å². The number of carbonyl (C=O) groups excluding carboxylic acids is 1. The lowest BCUT2D eigenvalue weighted by molar-refractivity contribution is 0.136. The number of ether oxygens (including phenoxy) is 1. The van der Waals surface area contributed by atoms with E-state index in [1.807, 2.05) is 67.5 Å². The zero-order chi connectivity index (χ0) is 22.3. The Morgan fingerprint density at radius 2 is 1.72 bits per heavy atom. The lowest BCUT2D eigenvalue weighted by Gasteiger charge is -2.29. The number of anilines is 2. The summed E-state index contributed by atoms with van der Waals surface area (Å²) in [6.45, 7) is 0.946. The van der Waals surface area contributed by atoms with E-state index in [0.717, 1.165) is 48.0 Å². The highest BCUT2D eigenvalue weighted by atomic mass is 16.5. The van der Waals surface area contributed by atoms with Crippen LogP contribution in [0.2, 0.25) is 0 Å². The van der Waals surface area contributed by atoms with Crippen molar-refractivity contribution in [3.8, 4) is 0 Å². The molecule has 4 rings (SSSR count). The van der Waals surface area contributed by atoms with Gasteiger partial charge in [-0.25, -0.2) is 9.78 Å². The van der Waals surface area contributed by atoms with Gasteiger partial charge in [0.05, 0.1) is 5.52 Å². The van der Waals surface area contributed by atoms with Gasteiger partial charge in [-0.15, -0.1) is 0 Å². The third-order valence-electron chi connectivity index (χ3n) is 5.93. The largest absolute Gasteiger partial charge is 0.445 e. The van der Waals surface area contributed by atoms with Crippen molar-refractivity contribution >= 4 is 28.8 Å². The normalized spacial score (nSPS) is 18.2. The van der Waals surface area contributed by atoms with Crippen molar-refractivity contribution in [3.63, 3.8) is 0 Å². The topological polar surface area (TPSA) is 79.4 Å². The Morgan fingerprint density at radius 1 is 1.00 bits per heavy atom. The standard InChI is InChI=1S/C25H31N5O2/c1-30(2)23-21-10-6-7-11-22(21)28-24(29-23)27-20-14-12-18(13-15-20)16-26-25(31)32-17-19-8-4-3-5-9-19/h3-11,18,20H,12-17H2,1-2H3,(H,26,31)(H,27,28,29). The smallest absolute Gasteiger partial charge is 0.407 e. The van der Waals surface area contributed by atoms with Gasteiger partial charge in [0.25, 0.3) is 0 Å². The summed E-state index contributed by atoms with van der Waals surface area (Å²) in [4.78, 5) is 23.5. The van der Waals surface area contributed by atoms with Crippen molar-refractivity contribution < 1.29 is 9.53 Å². The van der Waals surface area contributed by atoms with Gasteiger partial charge in [0.15, 0.2) is 0 Å². The number of nitrogens with one attached hydrogen (secondary N) is 2. The zero-order valence-electron chi connectivity index (χ0n) is 18.8. The second-order valence-electron chi connectivity index (χ2n) is 8.59. The third-order valence-corrected chi connectivity index (χ3v) is 5.93. The molecule has 7 heteroatoms. The average molecular weight is 434 g/mol. The van der Waals surface area contributed by atoms with Crippen LogP contribution >= 0.6 is 0 Å². The third kappa shape index (κ3) is 5.66. The van der Waals surface area contributed by atoms with Crippen molar-refractivity contribution in [3.05, 3.63) is 60.2 Å². The van der Waals surface area contributed by atoms with Gasteiger partial charge in [0.2, 0.25) is 5.95 Å². The molecule has 0 aliphatic heterocycles. The van der Waals surface area contributed by atoms with Crippen molar-refractivity contribution in [1.82, 2.24) is 15.3 Å². The molecule has 1 aliphatic carbocycles. The van der Waals surface area contributed by atoms with Crippen LogP contribution in [-0.4, -0.2) is 42.7 Å². The molecule has 0 saturated heterocycles. The van der Waals surface area contributed by atoms with Crippen molar-refractivity contribution in [2.24, 2.45) is 5.92 Å². The van der Waals surface area contributed by atoms with E-state index in [9.17, 15) is 4.79 Å². The number of amides is 1. The number of hydrogen-bond donors (Lipinski definition) is 2. The number of carbonyl (C=O) groups is 1. The maximum atomic E-state index is 12.0. The van der Waals surface area contributed by atoms with Crippen LogP contribution in [0.15, 0.2) is 54.6 Å². The second-order valence-corrected chi connectivity index (χ2v) is 8.59. The first kappa shape index (κ1) is 21.9. The maximum Gasteiger partial charge on any atom is 0.407 e. The van der Waals surface area contributed by atoms with E-state index >= 15 is 0 Å². The Hall–Kier alpha value is -3.35. The molecular weight excluding hydrogens is 402 g/mol. The number of alkyl carbamates (subject to hydrolysis) is 1. The van der Waals surface area contributed by atoms with Crippen molar-refractivity contribution in [2.75, 3.05) is 30.9 Å². The van der Waals surface area contributed by atoms with Crippen molar-refractivity contribution in [1.29, 1.82) is 0 Å². The lowest BCUT2D eigenvalue weighted by Crippen LogP contribution is -2.34. The molecular formula is C25H31N5O2. The molecule has 2 N–H and O–H groups in total. The first-order valence-corrected chi connectivity index (χ1v) is 11.2. The first-order chi connectivity index (χ1) is 15.6. The van der Waals surface area contributed by atoms with E-state index in [4.69, 9.17) is 14.7 Å². The van der Waals surface area contributed by atoms with Gasteiger partial charge in [-0.05, 0) is 49.3 Å². The van der Waals surface area contributed by atoms with E-state index in [1.54, 1.807) is 0 Å². The number of para-hydroxylation sites is 1. The van der Waals surface area contributed by atoms with Gasteiger partial charge < -0.3 is 20.3 Å². The number of fused-ring (bicyclic) bond motifs is 1. The average Bonchev–Trinajstić information content (AvgIpc) is 2.82. The number of hydrogen-bond acceptors (Lipinski definition) is 6. The molecule has 0 spiro atoms. The molecule has 1 aromatic heterocycles. The summed E-state index contributed by atoms with van der Waals surface area (Å²) in [5.74, 6) is 2.07. The van der Waals surface area contributed by atoms with E-state index in [2.05, 4.69) is 16.7 Å². The van der Waals surface area contributed by atoms with Gasteiger partial charge in [0, 0.05) is 32.1 Å². The van der Waals surface area contributed by atoms with Gasteiger partial charge in [-0.3, -0.25) is 0 Å². The van der Waals surface area contributed by atoms with Crippen LogP contribution in [-0.2, 0) is 11.3 Å². The second kappa shape index (κ2) is 10.3. The lowest BCUT2D eigenvalue weighted by atomic mass is 9.86. The number of rotatable bonds is 7. The number of benzene rings is 2. The zero-order valence-corrected chi connectivity index (χ0v) is 18.8. The van der Waals surface area contributed by atoms with E-state index < -0.39 is 0 Å². The molecule has 2 aromatic carbocycles. The van der Waals surface area contributed by atoms with Gasteiger partial charge >= 0.3 is 6.09 Å². The minimum Gasteiger partial charge on any atom is -0.445 e. The van der Waals surface area contributed by atoms with Crippen LogP contribution in [0.3, 0.4) is 0 Å². The SMILES string of the molecule is CN(C)c1nc(NC2CCC(CNC(=O)OCc3ccccc3)CC2)nc2ccccc12. The fourth-order valence-electron chi connectivity index (χ4n) is 4.16. The summed E-state index contributed by atoms with van der Waals surface area (Å²) in [5, 5.41) is 7.50. The molecule has 1 fully saturated rings. The molecule has 0 atom stereocenters. The number of aromatic nitrogens is 2. The van der Waals surface area contributed by atoms with Crippen LogP contribution in [0.1, 0.15) is 31.2 Å². The van der Waals surface area contributed by atoms with Gasteiger partial charge in [-0.1, -0.05) is 42.5 Å². The van der Waals surface area contributed by atoms with Gasteiger partial charge in [0.1, 0.15) is 12.4 Å². The van der Waals surface area contributed by atoms with Crippen LogP contribution < -0.4 is 15.5 Å². The first-order valence-electron chi connectivity index (χ1n) is 11.2. The molecule has 168 valence electrons. The highest BCUT2D eigenvalue weighted by Crippen LogP contribution is 2.28. The maximum absolute atomic E-state index is 12.0. The summed E-state index contributed by atoms with van der Waals surface area (Å²) in [6, 6.07) is 18.1. The molecule has 1 amide bonds. The Morgan fingerprint density at radius 3 is 2.47 bits per heavy atom. The van der Waals surface area contributed by atoms with Crippen LogP contribution in [0, 0.1) is 5.92 Å². The summed E-state index contributed by atoms with van der Waals surface area (Å²) >= 11 is 0. The molecule has 0 unspecified atom stereocenters. The summed E-state index contributed by atoms with van der Waals surface area (Å²) in [7, 11) is 4.00. The molecule has 1 heterocycles.